The molecule has 2 heterocycles. The molecule has 0 aromatic heterocycles. The Balaban J connectivity index is 0. The molecule has 0 aromatic carbocycles. The number of rotatable bonds is 2. The van der Waals surface area contributed by atoms with Gasteiger partial charge in [0.1, 0.15) is 0 Å². The van der Waals surface area contributed by atoms with Gasteiger partial charge in [0.05, 0.1) is 0 Å². The zero-order valence-corrected chi connectivity index (χ0v) is 25.7. The summed E-state index contributed by atoms with van der Waals surface area (Å²) >= 11 is 1.25. The number of halogens is 2. The van der Waals surface area contributed by atoms with E-state index in [0.717, 1.165) is 11.8 Å². The Morgan fingerprint density at radius 3 is 1.46 bits per heavy atom. The van der Waals surface area contributed by atoms with Crippen LogP contribution < -0.4 is 0 Å². The molecule has 2 saturated heterocycles. The van der Waals surface area contributed by atoms with Crippen molar-refractivity contribution in [1.82, 2.24) is 0 Å². The van der Waals surface area contributed by atoms with Crippen LogP contribution in [0.3, 0.4) is 0 Å². The monoisotopic (exact) mass is 601 g/mol. The van der Waals surface area contributed by atoms with Crippen molar-refractivity contribution in [3.05, 3.63) is 21.6 Å². The van der Waals surface area contributed by atoms with Crippen molar-refractivity contribution < 1.29 is 24.4 Å². The fraction of sp³-hybridized carbons (Fsp3) is 0.810. The third-order valence-electron chi connectivity index (χ3n) is 5.96. The Hall–Kier alpha value is 1.36. The molecule has 0 N–H and O–H groups in total. The molecule has 0 saturated carbocycles. The molecule has 2 fully saturated rings. The van der Waals surface area contributed by atoms with Gasteiger partial charge in [0.15, 0.2) is 0 Å². The standard InChI is InChI=1S/2C8H18Si.C5H5.2ClH.Hf/c2*1-7(2)8-5-3-4-6-9-8;1-2-4-5-3-1;;;/h2*7-8H,3-6,9H2,1-2H3;1-3H,4H2;2*1H;. The van der Waals surface area contributed by atoms with Crippen molar-refractivity contribution >= 4 is 43.9 Å². The molecule has 153 valence electrons. The molecule has 0 aromatic rings. The summed E-state index contributed by atoms with van der Waals surface area (Å²) < 4.78 is 1.61. The first-order valence-corrected chi connectivity index (χ1v) is 16.0. The molecule has 0 amide bonds. The summed E-state index contributed by atoms with van der Waals surface area (Å²) in [6.07, 6.45) is 17.0. The summed E-state index contributed by atoms with van der Waals surface area (Å²) in [6, 6.07) is 3.26. The minimum absolute atomic E-state index is 0. The van der Waals surface area contributed by atoms with Gasteiger partial charge in [0.2, 0.25) is 0 Å². The van der Waals surface area contributed by atoms with E-state index in [2.05, 4.69) is 45.9 Å². The summed E-state index contributed by atoms with van der Waals surface area (Å²) in [4.78, 5) is 0. The number of hydrogen-bond acceptors (Lipinski definition) is 0. The van der Waals surface area contributed by atoms with E-state index in [9.17, 15) is 0 Å². The van der Waals surface area contributed by atoms with Crippen LogP contribution in [0.4, 0.5) is 0 Å². The van der Waals surface area contributed by atoms with Gasteiger partial charge in [0, 0.05) is 19.0 Å². The zero-order valence-electron chi connectivity index (χ0n) is 17.6. The minimum atomic E-state index is 0. The van der Waals surface area contributed by atoms with Gasteiger partial charge in [-0.1, -0.05) is 78.3 Å². The average molecular weight is 601 g/mol. The molecule has 3 rings (SSSR count). The molecular weight excluding hydrogens is 558 g/mol. The molecule has 5 heteroatoms. The van der Waals surface area contributed by atoms with Crippen molar-refractivity contribution in [2.75, 3.05) is 0 Å². The second-order valence-corrected chi connectivity index (χ2v) is 15.6. The van der Waals surface area contributed by atoms with E-state index in [-0.39, 0.29) is 24.8 Å². The van der Waals surface area contributed by atoms with Gasteiger partial charge in [-0.2, -0.15) is 0 Å². The van der Waals surface area contributed by atoms with Crippen LogP contribution in [-0.4, -0.2) is 19.0 Å². The van der Waals surface area contributed by atoms with Crippen LogP contribution in [0.5, 0.6) is 0 Å². The van der Waals surface area contributed by atoms with Crippen LogP contribution in [0, 0.1) is 11.8 Å². The summed E-state index contributed by atoms with van der Waals surface area (Å²) in [5, 5.41) is 0. The van der Waals surface area contributed by atoms with Crippen LogP contribution >= 0.6 is 24.8 Å². The maximum absolute atomic E-state index is 2.39. The fourth-order valence-corrected chi connectivity index (χ4v) is 9.64. The van der Waals surface area contributed by atoms with E-state index in [1.807, 2.05) is 0 Å². The van der Waals surface area contributed by atoms with Gasteiger partial charge in [-0.15, -0.1) is 24.8 Å². The number of hydrogen-bond donors (Lipinski definition) is 0. The summed E-state index contributed by atoms with van der Waals surface area (Å²) in [7, 11) is 0.750. The van der Waals surface area contributed by atoms with Crippen LogP contribution in [0.1, 0.15) is 72.6 Å². The van der Waals surface area contributed by atoms with Gasteiger partial charge < -0.3 is 0 Å². The average Bonchev–Trinajstić information content (AvgIpc) is 3.08. The Labute approximate surface area is 196 Å². The summed E-state index contributed by atoms with van der Waals surface area (Å²) in [5.74, 6) is 1.99. The van der Waals surface area contributed by atoms with E-state index in [1.165, 1.54) is 54.7 Å². The topological polar surface area (TPSA) is 0 Å². The molecule has 0 nitrogen and oxygen atoms in total. The second kappa shape index (κ2) is 18.4. The molecule has 3 aliphatic rings. The van der Waals surface area contributed by atoms with Gasteiger partial charge in [-0.05, 0) is 22.9 Å². The van der Waals surface area contributed by atoms with Gasteiger partial charge in [-0.3, -0.25) is 0 Å². The normalized spacial score (nSPS) is 26.1. The zero-order chi connectivity index (χ0) is 17.8. The SMILES string of the molecule is CC(C)C1CCCC[SiH2]1.CC(C)C1CCCC[SiH2]1.Cl.Cl.[Hf][C]1=CC=CC1. The maximum atomic E-state index is 2.39. The van der Waals surface area contributed by atoms with Crippen molar-refractivity contribution in [2.45, 2.75) is 95.8 Å². The molecule has 1 aliphatic carbocycles. The first kappa shape index (κ1) is 29.6. The fourth-order valence-electron chi connectivity index (χ4n) is 4.05. The molecule has 26 heavy (non-hydrogen) atoms. The second-order valence-electron chi connectivity index (χ2n) is 8.61. The van der Waals surface area contributed by atoms with Crippen LogP contribution in [0.15, 0.2) is 21.6 Å². The predicted octanol–water partition coefficient (Wildman–Crippen LogP) is 6.62. The molecule has 2 atom stereocenters. The van der Waals surface area contributed by atoms with Gasteiger partial charge in [-0.25, -0.2) is 0 Å². The Kier molecular flexibility index (Phi) is 20.9. The molecule has 0 radical (unpaired) electrons. The molecule has 0 bridgehead atoms. The number of allylic oxidation sites excluding steroid dienone is 4. The van der Waals surface area contributed by atoms with Gasteiger partial charge >= 0.3 is 52.4 Å². The molecule has 2 unspecified atom stereocenters. The van der Waals surface area contributed by atoms with E-state index in [0.29, 0.717) is 19.0 Å². The molecular formula is C21H43Cl2HfSi2. The predicted molar refractivity (Wildman–Crippen MR) is 128 cm³/mol. The van der Waals surface area contributed by atoms with Crippen molar-refractivity contribution in [3.63, 3.8) is 0 Å². The first-order chi connectivity index (χ1) is 11.5. The molecule has 2 aliphatic heterocycles. The van der Waals surface area contributed by atoms with Crippen LogP contribution in [0.25, 0.3) is 0 Å². The van der Waals surface area contributed by atoms with Crippen molar-refractivity contribution in [3.8, 4) is 0 Å². The van der Waals surface area contributed by atoms with E-state index in [1.54, 1.807) is 41.1 Å². The third kappa shape index (κ3) is 14.4. The van der Waals surface area contributed by atoms with Crippen LogP contribution in [-0.2, 0) is 24.4 Å². The Bertz CT molecular complexity index is 350. The van der Waals surface area contributed by atoms with Crippen molar-refractivity contribution in [1.29, 1.82) is 0 Å². The third-order valence-corrected chi connectivity index (χ3v) is 13.3. The van der Waals surface area contributed by atoms with E-state index >= 15 is 0 Å². The Morgan fingerprint density at radius 1 is 0.846 bits per heavy atom. The quantitative estimate of drug-likeness (QED) is 0.312. The summed E-state index contributed by atoms with van der Waals surface area (Å²) in [6.45, 7) is 9.57. The summed E-state index contributed by atoms with van der Waals surface area (Å²) in [5.41, 5.74) is 2.39. The van der Waals surface area contributed by atoms with E-state index in [4.69, 9.17) is 0 Å². The molecule has 0 spiro atoms. The first-order valence-electron chi connectivity index (χ1n) is 10.6. The van der Waals surface area contributed by atoms with E-state index < -0.39 is 0 Å². The van der Waals surface area contributed by atoms with Crippen LogP contribution in [0.2, 0.25) is 23.2 Å². The Morgan fingerprint density at radius 2 is 1.31 bits per heavy atom. The van der Waals surface area contributed by atoms with Gasteiger partial charge in [0.25, 0.3) is 0 Å². The van der Waals surface area contributed by atoms with Crippen molar-refractivity contribution in [2.24, 2.45) is 11.8 Å².